The topological polar surface area (TPSA) is 54.0 Å². The van der Waals surface area contributed by atoms with Gasteiger partial charge in [-0.3, -0.25) is 0 Å². The Morgan fingerprint density at radius 3 is 0.361 bits per heavy atom. The van der Waals surface area contributed by atoms with E-state index in [4.69, 9.17) is 19.9 Å². The maximum Gasteiger partial charge on any atom is 2.00 e. The zero-order chi connectivity index (χ0) is 67.4. The monoisotopic (exact) mass is 1470 g/mol. The fourth-order valence-electron chi connectivity index (χ4n) is 29.8. The van der Waals surface area contributed by atoms with Gasteiger partial charge in [0.25, 0.3) is 0 Å². The van der Waals surface area contributed by atoms with E-state index in [-0.39, 0.29) is 62.0 Å². The molecule has 36 aromatic rings. The second-order valence-electron chi connectivity index (χ2n) is 34.4. The van der Waals surface area contributed by atoms with Gasteiger partial charge in [0, 0.05) is 369 Å². The third-order valence-electron chi connectivity index (χ3n) is 32.0. The number of hydrogen-bond acceptors (Lipinski definition) is 2. The smallest absolute Gasteiger partial charge is 0.657 e. The summed E-state index contributed by atoms with van der Waals surface area (Å²) in [6.07, 6.45) is 7.60. The van der Waals surface area contributed by atoms with Crippen LogP contribution in [0.3, 0.4) is 0 Å². The molecule has 0 amide bonds. The molecule has 2 aliphatic rings. The summed E-state index contributed by atoms with van der Waals surface area (Å²) in [5.74, 6) is 0. The van der Waals surface area contributed by atoms with Crippen molar-refractivity contribution in [1.82, 2.24) is 19.9 Å². The van der Waals surface area contributed by atoms with E-state index in [9.17, 15) is 0 Å². The number of fused-ring (bicyclic) bond motifs is 8. The molecule has 0 unspecified atom stereocenters. The molecule has 38 rings (SSSR count). The molecule has 4 nitrogen and oxygen atoms in total. The number of hydrogen-bond donors (Lipinski definition) is 0. The van der Waals surface area contributed by atoms with Gasteiger partial charge in [0.15, 0.2) is 0 Å². The van der Waals surface area contributed by atoms with Crippen LogP contribution in [0.1, 0.15) is 126 Å². The van der Waals surface area contributed by atoms with E-state index < -0.39 is 0 Å². The summed E-state index contributed by atoms with van der Waals surface area (Å²) in [5.41, 5.74) is 19.1. The van der Waals surface area contributed by atoms with E-state index in [0.29, 0.717) is 0 Å². The minimum absolute atomic E-state index is 0. The van der Waals surface area contributed by atoms with Gasteiger partial charge in [-0.25, -0.2) is 9.97 Å². The largest absolute Gasteiger partial charge is 2.00 e. The Balaban J connectivity index is 0.000000106. The van der Waals surface area contributed by atoms with E-state index in [1.54, 1.807) is 323 Å². The molecular weight excluding hydrogens is 1420 g/mol. The molecule has 0 spiro atoms. The number of aromatic nitrogens is 4. The van der Waals surface area contributed by atoms with Gasteiger partial charge in [-0.2, -0.15) is 0 Å². The molecule has 0 saturated carbocycles. The standard InChI is InChI=1S/C60.C36H44N4.C6H6.Kr.Ni/c1-2-5-6-3(1)8-12-10-4(1)9-11-7(2)17-21-13(5)23-24-14(6)22-18(8)28-20(12)30-26-16(10)15(9)25-29-19(11)27(17)37-41-31(21)33(23)43-44-34(24)32(22)42-38(28)48-40(30)46-36(26)35(25)45-39(29)47(37)55-49(41)51(43)57-52(44)50(42)56(48)59-54(46)53(45)58(55)60(57)59;1-9-21-22(10-2)30-18-32-25(13-5)26(14-6)34(39-32)20-36-28(16-8)27(15-7)35(40-36)19-33-24(12-4)23(11-3)31(38-33)17-29(21)37-30;1-2-4-6-5-3-1;;/h;17-20H,9-16H2,1-8H3;1-6H;;/q;-2;;;+2. The van der Waals surface area contributed by atoms with Crippen molar-refractivity contribution < 1.29 is 62.0 Å². The van der Waals surface area contributed by atoms with Crippen LogP contribution in [0.4, 0.5) is 0 Å². The normalized spacial score (nSPS) is 15.5. The number of nitrogens with zero attached hydrogens (tertiary/aromatic N) is 4. The molecule has 0 N–H and O–H groups in total. The van der Waals surface area contributed by atoms with Crippen molar-refractivity contribution in [2.75, 3.05) is 0 Å². The number of aryl methyl sites for hydroxylation is 4. The van der Waals surface area contributed by atoms with Crippen LogP contribution in [-0.2, 0) is 42.2 Å². The second kappa shape index (κ2) is 15.5. The van der Waals surface area contributed by atoms with Gasteiger partial charge in [0.05, 0.1) is 22.8 Å². The molecule has 0 radical (unpaired) electrons. The van der Waals surface area contributed by atoms with E-state index in [2.05, 4.69) is 79.7 Å². The summed E-state index contributed by atoms with van der Waals surface area (Å²) in [5, 5.41) is 100. The Labute approximate surface area is 655 Å². The Bertz CT molecular complexity index is 6620. The maximum absolute atomic E-state index is 5.25. The summed E-state index contributed by atoms with van der Waals surface area (Å²) >= 11 is 0. The first-order valence-corrected chi connectivity index (χ1v) is 40.1. The summed E-state index contributed by atoms with van der Waals surface area (Å²) in [6.45, 7) is 17.9. The predicted octanol–water partition coefficient (Wildman–Crippen LogP) is 28.7. The summed E-state index contributed by atoms with van der Waals surface area (Å²) in [7, 11) is 0. The number of benzene rings is 21. The summed E-state index contributed by atoms with van der Waals surface area (Å²) in [6, 6.07) is 21.0. The van der Waals surface area contributed by atoms with Gasteiger partial charge in [-0.05, 0) is 73.7 Å². The van der Waals surface area contributed by atoms with Crippen molar-refractivity contribution in [2.45, 2.75) is 107 Å². The van der Waals surface area contributed by atoms with Crippen LogP contribution in [0.25, 0.3) is 368 Å². The first-order chi connectivity index (χ1) is 52.5. The summed E-state index contributed by atoms with van der Waals surface area (Å²) < 4.78 is 0. The Kier molecular flexibility index (Phi) is 7.84. The zero-order valence-corrected chi connectivity index (χ0v) is 62.4. The Hall–Kier alpha value is -10.0. The molecule has 5 heterocycles. The number of allylic oxidation sites excluding steroid dienone is 4. The van der Waals surface area contributed by atoms with E-state index in [1.807, 2.05) is 36.4 Å². The first-order valence-electron chi connectivity index (χ1n) is 40.1. The average Bonchev–Trinajstić information content (AvgIpc) is 1.39. The average molecular weight is 1470 g/mol. The van der Waals surface area contributed by atoms with E-state index in [1.165, 1.54) is 44.5 Å². The van der Waals surface area contributed by atoms with Gasteiger partial charge < -0.3 is 9.97 Å². The van der Waals surface area contributed by atoms with Gasteiger partial charge >= 0.3 is 16.5 Å². The van der Waals surface area contributed by atoms with Crippen molar-refractivity contribution in [2.24, 2.45) is 0 Å². The quantitative estimate of drug-likeness (QED) is 0.112. The van der Waals surface area contributed by atoms with Crippen molar-refractivity contribution in [1.29, 1.82) is 0 Å². The van der Waals surface area contributed by atoms with Crippen LogP contribution in [-0.4, -0.2) is 9.97 Å². The fourth-order valence-corrected chi connectivity index (χ4v) is 29.8. The number of rotatable bonds is 8. The van der Waals surface area contributed by atoms with Crippen molar-refractivity contribution in [3.8, 4) is 0 Å². The van der Waals surface area contributed by atoms with Gasteiger partial charge in [0.1, 0.15) is 0 Å². The van der Waals surface area contributed by atoms with Crippen molar-refractivity contribution in [3.05, 3.63) is 106 Å². The van der Waals surface area contributed by atoms with E-state index in [0.717, 1.165) is 96.2 Å². The van der Waals surface area contributed by atoms with Crippen LogP contribution >= 0.6 is 0 Å². The van der Waals surface area contributed by atoms with Gasteiger partial charge in [-0.15, -0.1) is 22.1 Å². The van der Waals surface area contributed by atoms with E-state index >= 15 is 0 Å². The molecule has 0 saturated heterocycles. The first kappa shape index (κ1) is 54.6. The van der Waals surface area contributed by atoms with Crippen LogP contribution in [0.5, 0.6) is 0 Å². The second-order valence-corrected chi connectivity index (χ2v) is 34.4. The Morgan fingerprint density at radius 2 is 0.278 bits per heavy atom. The van der Waals surface area contributed by atoms with Crippen LogP contribution in [0.2, 0.25) is 0 Å². The maximum atomic E-state index is 5.25. The molecule has 33 aromatic carbocycles. The van der Waals surface area contributed by atoms with Crippen LogP contribution < -0.4 is 9.97 Å². The molecular formula is C102H50KrN4Ni. The van der Waals surface area contributed by atoms with Crippen molar-refractivity contribution in [3.63, 3.8) is 0 Å². The van der Waals surface area contributed by atoms with Crippen LogP contribution in [0.15, 0.2) is 60.7 Å². The molecule has 6 heteroatoms. The molecule has 3 aromatic heterocycles. The minimum atomic E-state index is 0. The molecule has 8 bridgehead atoms. The molecule has 0 fully saturated rings. The predicted molar refractivity (Wildman–Crippen MR) is 458 cm³/mol. The third-order valence-corrected chi connectivity index (χ3v) is 32.0. The minimum Gasteiger partial charge on any atom is -0.657 e. The SMILES string of the molecule is CCC1=C(CC)c2cc3[n-]c(cc4nc(cc5[n-]c(cc1n2)c(CC)c5CC)C(CC)=C4CC)c(CC)c3CC.[Kr].[Ni+2].c12c3c4c5c1c1c6c7c2c2c8c3c3c9c4c4c%10c5c5c1c1c6c6c%11c7c2c2c7c8c3c3c8c9c4c4c9c%10c5c5c1c1c6c6c%11c2c2c7c3c3c8c4c4c9c5c1c1c6c2c3c41.c1ccccc1. The zero-order valence-electron chi connectivity index (χ0n) is 59.9. The van der Waals surface area contributed by atoms with Gasteiger partial charge in [-0.1, -0.05) is 138 Å². The van der Waals surface area contributed by atoms with Gasteiger partial charge in [0.2, 0.25) is 0 Å². The molecule has 0 aliphatic carbocycles. The Morgan fingerprint density at radius 1 is 0.176 bits per heavy atom. The molecule has 2 aliphatic heterocycles. The summed E-state index contributed by atoms with van der Waals surface area (Å²) in [4.78, 5) is 21.0. The fraction of sp³-hybridized carbons (Fsp3) is 0.157. The van der Waals surface area contributed by atoms with Crippen molar-refractivity contribution >= 4 is 368 Å². The molecule has 496 valence electrons. The van der Waals surface area contributed by atoms with Crippen LogP contribution in [0, 0.1) is 45.5 Å². The third kappa shape index (κ3) is 4.24. The molecule has 108 heavy (non-hydrogen) atoms. The molecule has 0 atom stereocenters.